The molecule has 0 saturated carbocycles. The third-order valence-electron chi connectivity index (χ3n) is 4.14. The van der Waals surface area contributed by atoms with Crippen LogP contribution >= 0.6 is 0 Å². The molecule has 0 amide bonds. The number of rotatable bonds is 7. The summed E-state index contributed by atoms with van der Waals surface area (Å²) >= 11 is 0. The summed E-state index contributed by atoms with van der Waals surface area (Å²) in [7, 11) is 0. The lowest BCUT2D eigenvalue weighted by Crippen LogP contribution is -2.25. The fourth-order valence-electron chi connectivity index (χ4n) is 2.85. The standard InChI is InChI=1S/C20H25NO2/c1-16-4-2-5-18(12-16)15-23-19-9-7-17(8-10-19)13-21-14-20-6-3-11-22-20/h2,4-5,7-10,12,20-21H,3,6,11,13-15H2,1H3/t20-/m0/s1. The van der Waals surface area contributed by atoms with Gasteiger partial charge in [-0.15, -0.1) is 0 Å². The molecule has 0 radical (unpaired) electrons. The van der Waals surface area contributed by atoms with Crippen LogP contribution in [0.3, 0.4) is 0 Å². The van der Waals surface area contributed by atoms with Crippen molar-refractivity contribution in [1.29, 1.82) is 0 Å². The van der Waals surface area contributed by atoms with E-state index in [0.717, 1.165) is 25.4 Å². The third-order valence-corrected chi connectivity index (χ3v) is 4.14. The zero-order chi connectivity index (χ0) is 15.9. The molecular formula is C20H25NO2. The van der Waals surface area contributed by atoms with E-state index in [9.17, 15) is 0 Å². The van der Waals surface area contributed by atoms with Gasteiger partial charge in [0.1, 0.15) is 12.4 Å². The first-order valence-corrected chi connectivity index (χ1v) is 8.39. The highest BCUT2D eigenvalue weighted by Gasteiger charge is 2.14. The lowest BCUT2D eigenvalue weighted by molar-refractivity contribution is 0.110. The molecule has 3 nitrogen and oxygen atoms in total. The lowest BCUT2D eigenvalue weighted by atomic mass is 10.1. The lowest BCUT2D eigenvalue weighted by Gasteiger charge is -2.11. The molecule has 3 heteroatoms. The van der Waals surface area contributed by atoms with Crippen LogP contribution in [0.1, 0.15) is 29.5 Å². The van der Waals surface area contributed by atoms with E-state index in [1.54, 1.807) is 0 Å². The van der Waals surface area contributed by atoms with Crippen molar-refractivity contribution in [3.63, 3.8) is 0 Å². The molecule has 0 aromatic heterocycles. The van der Waals surface area contributed by atoms with Crippen LogP contribution in [-0.2, 0) is 17.9 Å². The maximum absolute atomic E-state index is 5.85. The molecule has 1 N–H and O–H groups in total. The average Bonchev–Trinajstić information content (AvgIpc) is 3.08. The number of ether oxygens (including phenoxy) is 2. The average molecular weight is 311 g/mol. The van der Waals surface area contributed by atoms with Gasteiger partial charge in [0.2, 0.25) is 0 Å². The van der Waals surface area contributed by atoms with E-state index < -0.39 is 0 Å². The van der Waals surface area contributed by atoms with Crippen LogP contribution in [0.5, 0.6) is 5.75 Å². The maximum Gasteiger partial charge on any atom is 0.119 e. The molecule has 2 aromatic rings. The second kappa shape index (κ2) is 8.14. The topological polar surface area (TPSA) is 30.5 Å². The predicted octanol–water partition coefficient (Wildman–Crippen LogP) is 3.84. The summed E-state index contributed by atoms with van der Waals surface area (Å²) in [5.74, 6) is 0.911. The van der Waals surface area contributed by atoms with Crippen LogP contribution in [0.15, 0.2) is 48.5 Å². The van der Waals surface area contributed by atoms with Gasteiger partial charge in [0.15, 0.2) is 0 Å². The number of aryl methyl sites for hydroxylation is 1. The van der Waals surface area contributed by atoms with Crippen molar-refractivity contribution in [2.45, 2.75) is 39.0 Å². The molecule has 1 saturated heterocycles. The smallest absolute Gasteiger partial charge is 0.119 e. The molecule has 1 aliphatic rings. The van der Waals surface area contributed by atoms with Crippen molar-refractivity contribution in [1.82, 2.24) is 5.32 Å². The minimum Gasteiger partial charge on any atom is -0.489 e. The second-order valence-corrected chi connectivity index (χ2v) is 6.19. The maximum atomic E-state index is 5.85. The Labute approximate surface area is 138 Å². The van der Waals surface area contributed by atoms with E-state index >= 15 is 0 Å². The van der Waals surface area contributed by atoms with Gasteiger partial charge in [-0.3, -0.25) is 0 Å². The van der Waals surface area contributed by atoms with Crippen molar-refractivity contribution in [2.75, 3.05) is 13.2 Å². The first-order chi connectivity index (χ1) is 11.3. The van der Waals surface area contributed by atoms with Gasteiger partial charge in [-0.25, -0.2) is 0 Å². The van der Waals surface area contributed by atoms with Crippen molar-refractivity contribution in [2.24, 2.45) is 0 Å². The predicted molar refractivity (Wildman–Crippen MR) is 92.6 cm³/mol. The summed E-state index contributed by atoms with van der Waals surface area (Å²) in [5.41, 5.74) is 3.73. The van der Waals surface area contributed by atoms with E-state index in [0.29, 0.717) is 12.7 Å². The van der Waals surface area contributed by atoms with Gasteiger partial charge >= 0.3 is 0 Å². The van der Waals surface area contributed by atoms with Gasteiger partial charge in [-0.2, -0.15) is 0 Å². The summed E-state index contributed by atoms with van der Waals surface area (Å²) in [6.45, 7) is 5.43. The summed E-state index contributed by atoms with van der Waals surface area (Å²) in [4.78, 5) is 0. The van der Waals surface area contributed by atoms with Crippen molar-refractivity contribution < 1.29 is 9.47 Å². The Bertz CT molecular complexity index is 603. The molecular weight excluding hydrogens is 286 g/mol. The van der Waals surface area contributed by atoms with Gasteiger partial charge < -0.3 is 14.8 Å². The molecule has 0 unspecified atom stereocenters. The van der Waals surface area contributed by atoms with E-state index in [2.05, 4.69) is 48.6 Å². The van der Waals surface area contributed by atoms with Gasteiger partial charge in [0.05, 0.1) is 6.10 Å². The quantitative estimate of drug-likeness (QED) is 0.842. The molecule has 1 heterocycles. The Morgan fingerprint density at radius 1 is 1.13 bits per heavy atom. The van der Waals surface area contributed by atoms with Crippen LogP contribution in [0.4, 0.5) is 0 Å². The first-order valence-electron chi connectivity index (χ1n) is 8.39. The van der Waals surface area contributed by atoms with E-state index in [1.807, 2.05) is 12.1 Å². The fraction of sp³-hybridized carbons (Fsp3) is 0.400. The number of benzene rings is 2. The summed E-state index contributed by atoms with van der Waals surface area (Å²) in [6, 6.07) is 16.7. The van der Waals surface area contributed by atoms with Crippen molar-refractivity contribution in [3.8, 4) is 5.75 Å². The molecule has 1 aliphatic heterocycles. The SMILES string of the molecule is Cc1cccc(COc2ccc(CNC[C@@H]3CCCO3)cc2)c1. The summed E-state index contributed by atoms with van der Waals surface area (Å²) < 4.78 is 11.5. The minimum absolute atomic E-state index is 0.395. The Balaban J connectivity index is 1.43. The Morgan fingerprint density at radius 2 is 2.00 bits per heavy atom. The second-order valence-electron chi connectivity index (χ2n) is 6.19. The van der Waals surface area contributed by atoms with Crippen molar-refractivity contribution in [3.05, 3.63) is 65.2 Å². The molecule has 122 valence electrons. The van der Waals surface area contributed by atoms with Crippen LogP contribution in [0, 0.1) is 6.92 Å². The van der Waals surface area contributed by atoms with Crippen LogP contribution in [-0.4, -0.2) is 19.3 Å². The Morgan fingerprint density at radius 3 is 2.74 bits per heavy atom. The van der Waals surface area contributed by atoms with Crippen molar-refractivity contribution >= 4 is 0 Å². The van der Waals surface area contributed by atoms with Gasteiger partial charge in [-0.1, -0.05) is 42.0 Å². The normalized spacial score (nSPS) is 17.3. The monoisotopic (exact) mass is 311 g/mol. The highest BCUT2D eigenvalue weighted by Crippen LogP contribution is 2.15. The van der Waals surface area contributed by atoms with Crippen LogP contribution < -0.4 is 10.1 Å². The van der Waals surface area contributed by atoms with Crippen LogP contribution in [0.2, 0.25) is 0 Å². The zero-order valence-electron chi connectivity index (χ0n) is 13.8. The molecule has 0 spiro atoms. The molecule has 0 bridgehead atoms. The largest absolute Gasteiger partial charge is 0.489 e. The van der Waals surface area contributed by atoms with Gasteiger partial charge in [0.25, 0.3) is 0 Å². The van der Waals surface area contributed by atoms with E-state index in [1.165, 1.54) is 29.5 Å². The van der Waals surface area contributed by atoms with Crippen LogP contribution in [0.25, 0.3) is 0 Å². The third kappa shape index (κ3) is 5.08. The molecule has 3 rings (SSSR count). The molecule has 0 aliphatic carbocycles. The highest BCUT2D eigenvalue weighted by atomic mass is 16.5. The molecule has 2 aromatic carbocycles. The summed E-state index contributed by atoms with van der Waals surface area (Å²) in [6.07, 6.45) is 2.77. The number of nitrogens with one attached hydrogen (secondary N) is 1. The highest BCUT2D eigenvalue weighted by molar-refractivity contribution is 5.28. The van der Waals surface area contributed by atoms with Gasteiger partial charge in [0, 0.05) is 19.7 Å². The fourth-order valence-corrected chi connectivity index (χ4v) is 2.85. The zero-order valence-corrected chi connectivity index (χ0v) is 13.8. The Kier molecular flexibility index (Phi) is 5.67. The van der Waals surface area contributed by atoms with Gasteiger partial charge in [-0.05, 0) is 43.0 Å². The molecule has 1 fully saturated rings. The first kappa shape index (κ1) is 16.0. The number of hydrogen-bond donors (Lipinski definition) is 1. The van der Waals surface area contributed by atoms with E-state index in [4.69, 9.17) is 9.47 Å². The molecule has 1 atom stereocenters. The Hall–Kier alpha value is -1.84. The molecule has 23 heavy (non-hydrogen) atoms. The minimum atomic E-state index is 0.395. The van der Waals surface area contributed by atoms with E-state index in [-0.39, 0.29) is 0 Å². The summed E-state index contributed by atoms with van der Waals surface area (Å²) in [5, 5.41) is 3.46. The number of hydrogen-bond acceptors (Lipinski definition) is 3.